The maximum atomic E-state index is 10.8. The number of anilines is 1. The van der Waals surface area contributed by atoms with Gasteiger partial charge in [-0.25, -0.2) is 4.79 Å². The zero-order chi connectivity index (χ0) is 16.8. The van der Waals surface area contributed by atoms with Gasteiger partial charge >= 0.3 is 5.97 Å². The monoisotopic (exact) mass is 326 g/mol. The molecule has 3 rings (SSSR count). The van der Waals surface area contributed by atoms with Gasteiger partial charge in [0.25, 0.3) is 0 Å². The van der Waals surface area contributed by atoms with E-state index in [1.165, 1.54) is 5.56 Å². The predicted molar refractivity (Wildman–Crippen MR) is 93.3 cm³/mol. The molecule has 5 nitrogen and oxygen atoms in total. The van der Waals surface area contributed by atoms with Crippen molar-refractivity contribution in [3.8, 4) is 0 Å². The van der Waals surface area contributed by atoms with Gasteiger partial charge in [-0.3, -0.25) is 4.90 Å². The van der Waals surface area contributed by atoms with Crippen molar-refractivity contribution >= 4 is 11.7 Å². The molecule has 0 atom stereocenters. The number of benzene rings is 2. The van der Waals surface area contributed by atoms with E-state index in [1.807, 2.05) is 12.1 Å². The van der Waals surface area contributed by atoms with Crippen LogP contribution in [0, 0.1) is 0 Å². The summed E-state index contributed by atoms with van der Waals surface area (Å²) in [6, 6.07) is 15.4. The van der Waals surface area contributed by atoms with E-state index in [9.17, 15) is 4.79 Å². The van der Waals surface area contributed by atoms with E-state index < -0.39 is 5.97 Å². The minimum absolute atomic E-state index is 0.311. The van der Waals surface area contributed by atoms with Crippen LogP contribution in [0.1, 0.15) is 21.5 Å². The molecule has 2 aromatic rings. The van der Waals surface area contributed by atoms with E-state index in [1.54, 1.807) is 12.1 Å². The number of aromatic carboxylic acids is 1. The molecule has 0 radical (unpaired) electrons. The average molecular weight is 326 g/mol. The summed E-state index contributed by atoms with van der Waals surface area (Å²) in [5, 5.41) is 12.3. The molecule has 2 N–H and O–H groups in total. The van der Waals surface area contributed by atoms with Gasteiger partial charge in [-0.05, 0) is 35.4 Å². The van der Waals surface area contributed by atoms with Gasteiger partial charge in [0.1, 0.15) is 0 Å². The molecule has 2 aromatic carbocycles. The van der Waals surface area contributed by atoms with Crippen LogP contribution in [0.25, 0.3) is 0 Å². The van der Waals surface area contributed by atoms with Gasteiger partial charge in [0.15, 0.2) is 0 Å². The molecule has 24 heavy (non-hydrogen) atoms. The lowest BCUT2D eigenvalue weighted by atomic mass is 10.1. The van der Waals surface area contributed by atoms with Gasteiger partial charge in [-0.2, -0.15) is 0 Å². The third kappa shape index (κ3) is 4.57. The van der Waals surface area contributed by atoms with Crippen molar-refractivity contribution in [1.29, 1.82) is 0 Å². The van der Waals surface area contributed by atoms with Gasteiger partial charge in [0, 0.05) is 31.9 Å². The van der Waals surface area contributed by atoms with Crippen LogP contribution in [0.4, 0.5) is 5.69 Å². The van der Waals surface area contributed by atoms with Crippen LogP contribution in [0.2, 0.25) is 0 Å². The van der Waals surface area contributed by atoms with E-state index in [-0.39, 0.29) is 0 Å². The summed E-state index contributed by atoms with van der Waals surface area (Å²) in [6.07, 6.45) is 0. The third-order valence-electron chi connectivity index (χ3n) is 4.16. The Morgan fingerprint density at radius 2 is 1.62 bits per heavy atom. The fourth-order valence-electron chi connectivity index (χ4n) is 2.71. The van der Waals surface area contributed by atoms with Crippen LogP contribution in [-0.4, -0.2) is 42.3 Å². The van der Waals surface area contributed by atoms with Crippen LogP contribution in [-0.2, 0) is 17.8 Å². The first-order valence-electron chi connectivity index (χ1n) is 8.16. The molecule has 1 aliphatic rings. The Morgan fingerprint density at radius 3 is 2.25 bits per heavy atom. The van der Waals surface area contributed by atoms with Gasteiger partial charge in [0.05, 0.1) is 18.8 Å². The molecular formula is C19H22N2O3. The molecule has 0 aromatic heterocycles. The maximum absolute atomic E-state index is 10.8. The summed E-state index contributed by atoms with van der Waals surface area (Å²) >= 11 is 0. The molecule has 1 heterocycles. The number of ether oxygens (including phenoxy) is 1. The van der Waals surface area contributed by atoms with Crippen LogP contribution >= 0.6 is 0 Å². The van der Waals surface area contributed by atoms with Crippen LogP contribution in [0.15, 0.2) is 48.5 Å². The zero-order valence-corrected chi connectivity index (χ0v) is 13.6. The summed E-state index contributed by atoms with van der Waals surface area (Å²) in [5.41, 5.74) is 3.72. The van der Waals surface area contributed by atoms with Crippen molar-refractivity contribution in [3.05, 3.63) is 65.2 Å². The number of hydrogen-bond donors (Lipinski definition) is 2. The normalized spacial score (nSPS) is 15.2. The second-order valence-corrected chi connectivity index (χ2v) is 5.94. The van der Waals surface area contributed by atoms with Gasteiger partial charge in [-0.1, -0.05) is 24.3 Å². The summed E-state index contributed by atoms with van der Waals surface area (Å²) < 4.78 is 5.37. The molecule has 126 valence electrons. The van der Waals surface area contributed by atoms with Crippen LogP contribution in [0.3, 0.4) is 0 Å². The largest absolute Gasteiger partial charge is 0.478 e. The SMILES string of the molecule is O=C(O)c1ccc(CNc2ccc(CN3CCOCC3)cc2)cc1. The van der Waals surface area contributed by atoms with Crippen molar-refractivity contribution in [2.24, 2.45) is 0 Å². The highest BCUT2D eigenvalue weighted by molar-refractivity contribution is 5.87. The number of carboxylic acid groups (broad SMARTS) is 1. The van der Waals surface area contributed by atoms with Crippen molar-refractivity contribution in [2.45, 2.75) is 13.1 Å². The first-order chi connectivity index (χ1) is 11.7. The molecule has 0 unspecified atom stereocenters. The molecule has 0 saturated carbocycles. The van der Waals surface area contributed by atoms with Crippen molar-refractivity contribution in [3.63, 3.8) is 0 Å². The lowest BCUT2D eigenvalue weighted by molar-refractivity contribution is 0.0342. The number of hydrogen-bond acceptors (Lipinski definition) is 4. The highest BCUT2D eigenvalue weighted by Gasteiger charge is 2.10. The standard InChI is InChI=1S/C19H22N2O3/c22-19(23)17-5-1-15(2-6-17)13-20-18-7-3-16(4-8-18)14-21-9-11-24-12-10-21/h1-8,20H,9-14H2,(H,22,23). The molecule has 1 fully saturated rings. The second kappa shape index (κ2) is 7.95. The third-order valence-corrected chi connectivity index (χ3v) is 4.16. The smallest absolute Gasteiger partial charge is 0.335 e. The number of nitrogens with zero attached hydrogens (tertiary/aromatic N) is 1. The summed E-state index contributed by atoms with van der Waals surface area (Å²) in [6.45, 7) is 5.25. The maximum Gasteiger partial charge on any atom is 0.335 e. The van der Waals surface area contributed by atoms with E-state index in [0.29, 0.717) is 12.1 Å². The minimum atomic E-state index is -0.898. The Hall–Kier alpha value is -2.37. The van der Waals surface area contributed by atoms with E-state index in [0.717, 1.165) is 44.1 Å². The van der Waals surface area contributed by atoms with E-state index >= 15 is 0 Å². The zero-order valence-electron chi connectivity index (χ0n) is 13.6. The van der Waals surface area contributed by atoms with Crippen molar-refractivity contribution in [1.82, 2.24) is 4.90 Å². The van der Waals surface area contributed by atoms with Crippen LogP contribution < -0.4 is 5.32 Å². The minimum Gasteiger partial charge on any atom is -0.478 e. The Morgan fingerprint density at radius 1 is 1.00 bits per heavy atom. The molecule has 0 bridgehead atoms. The van der Waals surface area contributed by atoms with E-state index in [4.69, 9.17) is 9.84 Å². The average Bonchev–Trinajstić information content (AvgIpc) is 2.62. The quantitative estimate of drug-likeness (QED) is 0.855. The van der Waals surface area contributed by atoms with Crippen LogP contribution in [0.5, 0.6) is 0 Å². The first-order valence-corrected chi connectivity index (χ1v) is 8.16. The number of nitrogens with one attached hydrogen (secondary N) is 1. The molecule has 0 aliphatic carbocycles. The topological polar surface area (TPSA) is 61.8 Å². The summed E-state index contributed by atoms with van der Waals surface area (Å²) in [5.74, 6) is -0.898. The number of carboxylic acids is 1. The van der Waals surface area contributed by atoms with Crippen molar-refractivity contribution < 1.29 is 14.6 Å². The predicted octanol–water partition coefficient (Wildman–Crippen LogP) is 2.83. The molecule has 5 heteroatoms. The lowest BCUT2D eigenvalue weighted by Gasteiger charge is -2.26. The highest BCUT2D eigenvalue weighted by atomic mass is 16.5. The number of carbonyl (C=O) groups is 1. The molecule has 0 spiro atoms. The summed E-state index contributed by atoms with van der Waals surface area (Å²) in [7, 11) is 0. The Labute approximate surface area is 141 Å². The molecule has 1 saturated heterocycles. The van der Waals surface area contributed by atoms with Gasteiger partial charge < -0.3 is 15.2 Å². The highest BCUT2D eigenvalue weighted by Crippen LogP contribution is 2.14. The Balaban J connectivity index is 1.51. The van der Waals surface area contributed by atoms with Crippen molar-refractivity contribution in [2.75, 3.05) is 31.6 Å². The lowest BCUT2D eigenvalue weighted by Crippen LogP contribution is -2.35. The number of morpholine rings is 1. The second-order valence-electron chi connectivity index (χ2n) is 5.94. The first kappa shape index (κ1) is 16.5. The Bertz CT molecular complexity index is 662. The van der Waals surface area contributed by atoms with Gasteiger partial charge in [-0.15, -0.1) is 0 Å². The Kier molecular flexibility index (Phi) is 5.46. The summed E-state index contributed by atoms with van der Waals surface area (Å²) in [4.78, 5) is 13.2. The fourth-order valence-corrected chi connectivity index (χ4v) is 2.71. The molecule has 0 amide bonds. The molecular weight excluding hydrogens is 304 g/mol. The molecule has 1 aliphatic heterocycles. The fraction of sp³-hybridized carbons (Fsp3) is 0.316. The van der Waals surface area contributed by atoms with Gasteiger partial charge in [0.2, 0.25) is 0 Å². The number of rotatable bonds is 6. The van der Waals surface area contributed by atoms with E-state index in [2.05, 4.69) is 34.5 Å².